The number of H-pyrrole nitrogens is 1. The van der Waals surface area contributed by atoms with E-state index in [1.54, 1.807) is 6.07 Å². The third kappa shape index (κ3) is 2.70. The molecule has 1 aromatic rings. The van der Waals surface area contributed by atoms with Crippen LogP contribution >= 0.6 is 0 Å². The highest BCUT2D eigenvalue weighted by molar-refractivity contribution is 5.94. The van der Waals surface area contributed by atoms with Crippen molar-refractivity contribution in [1.29, 1.82) is 0 Å². The van der Waals surface area contributed by atoms with Crippen LogP contribution in [0.4, 0.5) is 0 Å². The van der Waals surface area contributed by atoms with Gasteiger partial charge >= 0.3 is 0 Å². The zero-order valence-corrected chi connectivity index (χ0v) is 8.86. The molecule has 0 bridgehead atoms. The van der Waals surface area contributed by atoms with Crippen LogP contribution in [-0.4, -0.2) is 30.1 Å². The second-order valence-electron chi connectivity index (χ2n) is 3.80. The standard InChI is InChI=1S/C11H14N2O3/c14-10-7-8(1-4-12-10)11(15)13-9-2-5-16-6-3-9/h1,4,7,9H,2-3,5-6H2,(H,12,14)(H,13,15). The van der Waals surface area contributed by atoms with E-state index in [1.165, 1.54) is 12.3 Å². The minimum atomic E-state index is -0.264. The molecule has 0 radical (unpaired) electrons. The smallest absolute Gasteiger partial charge is 0.251 e. The number of aromatic nitrogens is 1. The second-order valence-corrected chi connectivity index (χ2v) is 3.80. The van der Waals surface area contributed by atoms with Crippen molar-refractivity contribution >= 4 is 5.91 Å². The maximum atomic E-state index is 11.8. The molecule has 0 unspecified atom stereocenters. The van der Waals surface area contributed by atoms with Gasteiger partial charge in [0.2, 0.25) is 5.56 Å². The molecular weight excluding hydrogens is 208 g/mol. The number of rotatable bonds is 2. The van der Waals surface area contributed by atoms with E-state index in [2.05, 4.69) is 10.3 Å². The van der Waals surface area contributed by atoms with E-state index in [4.69, 9.17) is 4.74 Å². The monoisotopic (exact) mass is 222 g/mol. The third-order valence-electron chi connectivity index (χ3n) is 2.59. The molecule has 5 heteroatoms. The predicted octanol–water partition coefficient (Wildman–Crippen LogP) is 0.284. The number of carbonyl (C=O) groups excluding carboxylic acids is 1. The van der Waals surface area contributed by atoms with Crippen LogP contribution in [0, 0.1) is 0 Å². The molecule has 2 N–H and O–H groups in total. The highest BCUT2D eigenvalue weighted by atomic mass is 16.5. The highest BCUT2D eigenvalue weighted by Crippen LogP contribution is 2.07. The quantitative estimate of drug-likeness (QED) is 0.755. The molecule has 0 aliphatic carbocycles. The Hall–Kier alpha value is -1.62. The molecule has 0 spiro atoms. The predicted molar refractivity (Wildman–Crippen MR) is 58.4 cm³/mol. The zero-order chi connectivity index (χ0) is 11.4. The van der Waals surface area contributed by atoms with Gasteiger partial charge in [-0.1, -0.05) is 0 Å². The molecule has 0 atom stereocenters. The van der Waals surface area contributed by atoms with Crippen LogP contribution in [0.15, 0.2) is 23.1 Å². The maximum Gasteiger partial charge on any atom is 0.251 e. The molecule has 5 nitrogen and oxygen atoms in total. The Morgan fingerprint density at radius 3 is 2.88 bits per heavy atom. The number of hydrogen-bond acceptors (Lipinski definition) is 3. The molecule has 1 saturated heterocycles. The van der Waals surface area contributed by atoms with Crippen LogP contribution in [-0.2, 0) is 4.74 Å². The number of carbonyl (C=O) groups is 1. The fourth-order valence-corrected chi connectivity index (χ4v) is 1.70. The molecule has 1 aromatic heterocycles. The summed E-state index contributed by atoms with van der Waals surface area (Å²) < 4.78 is 5.20. The summed E-state index contributed by atoms with van der Waals surface area (Å²) in [5, 5.41) is 2.89. The Morgan fingerprint density at radius 2 is 2.19 bits per heavy atom. The van der Waals surface area contributed by atoms with Crippen molar-refractivity contribution in [2.75, 3.05) is 13.2 Å². The van der Waals surface area contributed by atoms with E-state index in [0.29, 0.717) is 18.8 Å². The van der Waals surface area contributed by atoms with E-state index in [1.807, 2.05) is 0 Å². The first-order valence-corrected chi connectivity index (χ1v) is 5.33. The summed E-state index contributed by atoms with van der Waals surface area (Å²) in [5.41, 5.74) is 0.134. The fraction of sp³-hybridized carbons (Fsp3) is 0.455. The van der Waals surface area contributed by atoms with Crippen LogP contribution in [0.5, 0.6) is 0 Å². The van der Waals surface area contributed by atoms with Crippen molar-refractivity contribution in [3.63, 3.8) is 0 Å². The van der Waals surface area contributed by atoms with Crippen molar-refractivity contribution in [3.8, 4) is 0 Å². The first-order chi connectivity index (χ1) is 7.75. The molecule has 16 heavy (non-hydrogen) atoms. The Kier molecular flexibility index (Phi) is 3.36. The van der Waals surface area contributed by atoms with Crippen molar-refractivity contribution in [3.05, 3.63) is 34.2 Å². The van der Waals surface area contributed by atoms with Crippen LogP contribution in [0.2, 0.25) is 0 Å². The van der Waals surface area contributed by atoms with Gasteiger partial charge in [0.25, 0.3) is 5.91 Å². The Bertz CT molecular complexity index is 421. The van der Waals surface area contributed by atoms with E-state index in [0.717, 1.165) is 12.8 Å². The van der Waals surface area contributed by atoms with Crippen molar-refractivity contribution in [2.24, 2.45) is 0 Å². The normalized spacial score (nSPS) is 17.0. The van der Waals surface area contributed by atoms with Crippen LogP contribution in [0.1, 0.15) is 23.2 Å². The summed E-state index contributed by atoms with van der Waals surface area (Å²) >= 11 is 0. The lowest BCUT2D eigenvalue weighted by Crippen LogP contribution is -2.39. The summed E-state index contributed by atoms with van der Waals surface area (Å²) in [7, 11) is 0. The number of hydrogen-bond donors (Lipinski definition) is 2. The summed E-state index contributed by atoms with van der Waals surface area (Å²) in [5.74, 6) is -0.196. The SMILES string of the molecule is O=C(NC1CCOCC1)c1cc[nH]c(=O)c1. The van der Waals surface area contributed by atoms with Gasteiger partial charge in [-0.3, -0.25) is 9.59 Å². The van der Waals surface area contributed by atoms with Crippen LogP contribution in [0.3, 0.4) is 0 Å². The Morgan fingerprint density at radius 1 is 1.44 bits per heavy atom. The topological polar surface area (TPSA) is 71.2 Å². The van der Waals surface area contributed by atoms with E-state index in [-0.39, 0.29) is 17.5 Å². The summed E-state index contributed by atoms with van der Waals surface area (Å²) in [4.78, 5) is 25.3. The van der Waals surface area contributed by atoms with Gasteiger partial charge in [0.05, 0.1) is 0 Å². The fourth-order valence-electron chi connectivity index (χ4n) is 1.70. The first-order valence-electron chi connectivity index (χ1n) is 5.33. The lowest BCUT2D eigenvalue weighted by molar-refractivity contribution is 0.0696. The molecule has 2 heterocycles. The first kappa shape index (κ1) is 10.9. The minimum absolute atomic E-state index is 0.153. The van der Waals surface area contributed by atoms with Gasteiger partial charge in [-0.25, -0.2) is 0 Å². The molecular formula is C11H14N2O3. The number of aromatic amines is 1. The minimum Gasteiger partial charge on any atom is -0.381 e. The zero-order valence-electron chi connectivity index (χ0n) is 8.86. The Balaban J connectivity index is 1.99. The van der Waals surface area contributed by atoms with E-state index < -0.39 is 0 Å². The van der Waals surface area contributed by atoms with E-state index in [9.17, 15) is 9.59 Å². The average Bonchev–Trinajstić information content (AvgIpc) is 2.30. The summed E-state index contributed by atoms with van der Waals surface area (Å²) in [6, 6.07) is 3.05. The van der Waals surface area contributed by atoms with Gasteiger partial charge in [-0.15, -0.1) is 0 Å². The number of nitrogens with one attached hydrogen (secondary N) is 2. The molecule has 1 aliphatic rings. The molecule has 86 valence electrons. The third-order valence-corrected chi connectivity index (χ3v) is 2.59. The van der Waals surface area contributed by atoms with Gasteiger partial charge in [-0.2, -0.15) is 0 Å². The Labute approximate surface area is 92.8 Å². The number of ether oxygens (including phenoxy) is 1. The van der Waals surface area contributed by atoms with Crippen molar-refractivity contribution in [1.82, 2.24) is 10.3 Å². The van der Waals surface area contributed by atoms with Crippen LogP contribution < -0.4 is 10.9 Å². The maximum absolute atomic E-state index is 11.8. The van der Waals surface area contributed by atoms with Gasteiger partial charge in [-0.05, 0) is 18.9 Å². The molecule has 0 aromatic carbocycles. The van der Waals surface area contributed by atoms with Crippen LogP contribution in [0.25, 0.3) is 0 Å². The summed E-state index contributed by atoms with van der Waals surface area (Å²) in [6.45, 7) is 1.36. The molecule has 1 amide bonds. The molecule has 2 rings (SSSR count). The molecule has 1 aliphatic heterocycles. The highest BCUT2D eigenvalue weighted by Gasteiger charge is 2.16. The molecule has 1 fully saturated rings. The average molecular weight is 222 g/mol. The number of pyridine rings is 1. The molecule has 0 saturated carbocycles. The van der Waals surface area contributed by atoms with Crippen molar-refractivity contribution in [2.45, 2.75) is 18.9 Å². The van der Waals surface area contributed by atoms with Gasteiger partial charge in [0.1, 0.15) is 0 Å². The lowest BCUT2D eigenvalue weighted by atomic mass is 10.1. The van der Waals surface area contributed by atoms with Gasteiger partial charge < -0.3 is 15.0 Å². The summed E-state index contributed by atoms with van der Waals surface area (Å²) in [6.07, 6.45) is 3.13. The number of amides is 1. The van der Waals surface area contributed by atoms with Gasteiger partial charge in [0.15, 0.2) is 0 Å². The second kappa shape index (κ2) is 4.94. The van der Waals surface area contributed by atoms with Gasteiger partial charge in [0, 0.05) is 37.1 Å². The lowest BCUT2D eigenvalue weighted by Gasteiger charge is -2.22. The van der Waals surface area contributed by atoms with E-state index >= 15 is 0 Å². The van der Waals surface area contributed by atoms with Crippen molar-refractivity contribution < 1.29 is 9.53 Å². The largest absolute Gasteiger partial charge is 0.381 e.